The Morgan fingerprint density at radius 3 is 2.52 bits per heavy atom. The van der Waals surface area contributed by atoms with Crippen molar-refractivity contribution in [2.45, 2.75) is 13.8 Å². The van der Waals surface area contributed by atoms with Crippen LogP contribution in [0.5, 0.6) is 5.75 Å². The highest BCUT2D eigenvalue weighted by Gasteiger charge is 2.12. The summed E-state index contributed by atoms with van der Waals surface area (Å²) in [5, 5.41) is 12.1. The second-order valence-electron chi connectivity index (χ2n) is 5.24. The predicted molar refractivity (Wildman–Crippen MR) is 106 cm³/mol. The Morgan fingerprint density at radius 1 is 1.28 bits per heavy atom. The molecule has 4 nitrogen and oxygen atoms in total. The highest BCUT2D eigenvalue weighted by atomic mass is 79.9. The van der Waals surface area contributed by atoms with Gasteiger partial charge in [0.05, 0.1) is 15.6 Å². The van der Waals surface area contributed by atoms with Gasteiger partial charge in [0.2, 0.25) is 0 Å². The lowest BCUT2D eigenvalue weighted by Crippen LogP contribution is -2.13. The second-order valence-corrected chi connectivity index (χ2v) is 6.95. The molecule has 0 atom stereocenters. The first-order chi connectivity index (χ1) is 11.9. The summed E-state index contributed by atoms with van der Waals surface area (Å²) in [6.07, 6.45) is 1.54. The number of hydrogen-bond acceptors (Lipinski definition) is 3. The minimum Gasteiger partial charge on any atom is -0.492 e. The molecule has 0 aliphatic heterocycles. The van der Waals surface area contributed by atoms with Crippen molar-refractivity contribution in [3.05, 3.63) is 62.0 Å². The molecule has 0 spiro atoms. The topological polar surface area (TPSA) is 62.1 Å². The van der Waals surface area contributed by atoms with Gasteiger partial charge in [0.15, 0.2) is 0 Å². The van der Waals surface area contributed by atoms with E-state index < -0.39 is 5.91 Å². The van der Waals surface area contributed by atoms with Gasteiger partial charge < -0.3 is 10.1 Å². The molecule has 0 fully saturated rings. The predicted octanol–water partition coefficient (Wildman–Crippen LogP) is 5.46. The lowest BCUT2D eigenvalue weighted by Gasteiger charge is -2.10. The average Bonchev–Trinajstić information content (AvgIpc) is 2.56. The molecule has 1 amide bonds. The van der Waals surface area contributed by atoms with Gasteiger partial charge in [-0.15, -0.1) is 0 Å². The Morgan fingerprint density at radius 2 is 1.96 bits per heavy atom. The molecule has 0 unspecified atom stereocenters. The fourth-order valence-electron chi connectivity index (χ4n) is 2.18. The van der Waals surface area contributed by atoms with E-state index >= 15 is 0 Å². The molecule has 2 aromatic carbocycles. The number of carbonyl (C=O) groups excluding carboxylic acids is 1. The van der Waals surface area contributed by atoms with Gasteiger partial charge in [-0.1, -0.05) is 12.1 Å². The van der Waals surface area contributed by atoms with E-state index in [0.29, 0.717) is 23.6 Å². The van der Waals surface area contributed by atoms with Crippen LogP contribution >= 0.6 is 31.9 Å². The van der Waals surface area contributed by atoms with Crippen LogP contribution in [0.1, 0.15) is 18.1 Å². The number of nitrogens with zero attached hydrogens (tertiary/aromatic N) is 1. The number of rotatable bonds is 5. The van der Waals surface area contributed by atoms with Gasteiger partial charge in [0.25, 0.3) is 5.91 Å². The third-order valence-electron chi connectivity index (χ3n) is 3.26. The molecule has 0 aliphatic rings. The molecule has 2 aromatic rings. The molecule has 0 bridgehead atoms. The summed E-state index contributed by atoms with van der Waals surface area (Å²) in [4.78, 5) is 12.3. The van der Waals surface area contributed by atoms with Gasteiger partial charge in [0.1, 0.15) is 17.4 Å². The standard InChI is InChI=1S/C19H16Br2N2O2/c1-3-25-18-16(20)9-13(10-17(18)21)8-14(11-22)19(24)23-15-6-4-5-12(2)7-15/h4-10H,3H2,1-2H3,(H,23,24)/b14-8-. The SMILES string of the molecule is CCOc1c(Br)cc(/C=C(/C#N)C(=O)Nc2cccc(C)c2)cc1Br. The van der Waals surface area contributed by atoms with E-state index in [0.717, 1.165) is 14.5 Å². The number of halogens is 2. The van der Waals surface area contributed by atoms with Crippen LogP contribution < -0.4 is 10.1 Å². The monoisotopic (exact) mass is 462 g/mol. The fourth-order valence-corrected chi connectivity index (χ4v) is 3.63. The summed E-state index contributed by atoms with van der Waals surface area (Å²) in [6, 6.07) is 13.0. The number of amides is 1. The lowest BCUT2D eigenvalue weighted by atomic mass is 10.1. The molecular formula is C19H16Br2N2O2. The van der Waals surface area contributed by atoms with Crippen molar-refractivity contribution in [3.63, 3.8) is 0 Å². The summed E-state index contributed by atoms with van der Waals surface area (Å²) in [6.45, 7) is 4.37. The Labute approximate surface area is 163 Å². The van der Waals surface area contributed by atoms with E-state index in [2.05, 4.69) is 37.2 Å². The maximum Gasteiger partial charge on any atom is 0.266 e. The van der Waals surface area contributed by atoms with Crippen LogP contribution in [0.25, 0.3) is 6.08 Å². The van der Waals surface area contributed by atoms with Crippen LogP contribution in [-0.4, -0.2) is 12.5 Å². The van der Waals surface area contributed by atoms with Crippen molar-refractivity contribution in [1.29, 1.82) is 5.26 Å². The second kappa shape index (κ2) is 8.84. The number of aryl methyl sites for hydroxylation is 1. The number of ether oxygens (including phenoxy) is 1. The van der Waals surface area contributed by atoms with Gasteiger partial charge in [-0.3, -0.25) is 4.79 Å². The van der Waals surface area contributed by atoms with Gasteiger partial charge in [0, 0.05) is 5.69 Å². The summed E-state index contributed by atoms with van der Waals surface area (Å²) in [5.74, 6) is 0.233. The van der Waals surface area contributed by atoms with Crippen LogP contribution in [0, 0.1) is 18.3 Å². The summed E-state index contributed by atoms with van der Waals surface area (Å²) < 4.78 is 7.02. The van der Waals surface area contributed by atoms with Crippen LogP contribution in [0.15, 0.2) is 50.9 Å². The molecule has 1 N–H and O–H groups in total. The van der Waals surface area contributed by atoms with Crippen LogP contribution in [0.4, 0.5) is 5.69 Å². The molecule has 0 radical (unpaired) electrons. The third-order valence-corrected chi connectivity index (χ3v) is 4.44. The molecule has 0 aliphatic carbocycles. The highest BCUT2D eigenvalue weighted by Crippen LogP contribution is 2.35. The molecule has 128 valence electrons. The minimum atomic E-state index is -0.450. The van der Waals surface area contributed by atoms with Crippen molar-refractivity contribution in [2.24, 2.45) is 0 Å². The normalized spacial score (nSPS) is 10.9. The van der Waals surface area contributed by atoms with Gasteiger partial charge in [-0.25, -0.2) is 0 Å². The molecular weight excluding hydrogens is 448 g/mol. The zero-order chi connectivity index (χ0) is 18.4. The van der Waals surface area contributed by atoms with E-state index in [-0.39, 0.29) is 5.57 Å². The van der Waals surface area contributed by atoms with E-state index in [9.17, 15) is 10.1 Å². The number of nitrogens with one attached hydrogen (secondary N) is 1. The van der Waals surface area contributed by atoms with E-state index in [1.165, 1.54) is 6.08 Å². The number of carbonyl (C=O) groups is 1. The first-order valence-electron chi connectivity index (χ1n) is 7.56. The number of benzene rings is 2. The first-order valence-corrected chi connectivity index (χ1v) is 9.15. The lowest BCUT2D eigenvalue weighted by molar-refractivity contribution is -0.112. The van der Waals surface area contributed by atoms with Gasteiger partial charge in [-0.2, -0.15) is 5.26 Å². The average molecular weight is 464 g/mol. The zero-order valence-corrected chi connectivity index (χ0v) is 16.9. The van der Waals surface area contributed by atoms with Crippen molar-refractivity contribution < 1.29 is 9.53 Å². The molecule has 0 heterocycles. The first kappa shape index (κ1) is 19.2. The van der Waals surface area contributed by atoms with E-state index in [1.807, 2.05) is 38.1 Å². The number of hydrogen-bond donors (Lipinski definition) is 1. The smallest absolute Gasteiger partial charge is 0.266 e. The van der Waals surface area contributed by atoms with Gasteiger partial charge >= 0.3 is 0 Å². The molecule has 2 rings (SSSR count). The molecule has 6 heteroatoms. The Kier molecular flexibility index (Phi) is 6.80. The highest BCUT2D eigenvalue weighted by molar-refractivity contribution is 9.11. The third kappa shape index (κ3) is 5.18. The maximum absolute atomic E-state index is 12.3. The molecule has 0 saturated carbocycles. The summed E-state index contributed by atoms with van der Waals surface area (Å²) >= 11 is 6.88. The van der Waals surface area contributed by atoms with Crippen molar-refractivity contribution in [1.82, 2.24) is 0 Å². The van der Waals surface area contributed by atoms with Crippen molar-refractivity contribution >= 4 is 49.5 Å². The van der Waals surface area contributed by atoms with Crippen LogP contribution in [0.2, 0.25) is 0 Å². The van der Waals surface area contributed by atoms with E-state index in [4.69, 9.17) is 4.74 Å². The molecule has 0 saturated heterocycles. The fraction of sp³-hybridized carbons (Fsp3) is 0.158. The van der Waals surface area contributed by atoms with Crippen LogP contribution in [0.3, 0.4) is 0 Å². The van der Waals surface area contributed by atoms with Crippen molar-refractivity contribution in [3.8, 4) is 11.8 Å². The van der Waals surface area contributed by atoms with E-state index in [1.54, 1.807) is 18.2 Å². The largest absolute Gasteiger partial charge is 0.492 e. The Hall–Kier alpha value is -2.10. The van der Waals surface area contributed by atoms with Crippen LogP contribution in [-0.2, 0) is 4.79 Å². The van der Waals surface area contributed by atoms with Crippen molar-refractivity contribution in [2.75, 3.05) is 11.9 Å². The summed E-state index contributed by atoms with van der Waals surface area (Å²) in [5.41, 5.74) is 2.41. The molecule has 25 heavy (non-hydrogen) atoms. The number of nitriles is 1. The van der Waals surface area contributed by atoms with Gasteiger partial charge in [-0.05, 0) is 87.2 Å². The minimum absolute atomic E-state index is 0.0180. The zero-order valence-electron chi connectivity index (χ0n) is 13.8. The molecule has 0 aromatic heterocycles. The summed E-state index contributed by atoms with van der Waals surface area (Å²) in [7, 11) is 0. The Bertz CT molecular complexity index is 847. The maximum atomic E-state index is 12.3. The Balaban J connectivity index is 2.28. The quantitative estimate of drug-likeness (QED) is 0.472. The number of anilines is 1.